The molecule has 0 aliphatic carbocycles. The van der Waals surface area contributed by atoms with Gasteiger partial charge in [-0.2, -0.15) is 0 Å². The van der Waals surface area contributed by atoms with Gasteiger partial charge in [-0.25, -0.2) is 0 Å². The number of anilines is 3. The molecule has 0 atom stereocenters. The Morgan fingerprint density at radius 3 is 2.09 bits per heavy atom. The highest BCUT2D eigenvalue weighted by Crippen LogP contribution is 2.29. The minimum Gasteiger partial charge on any atom is -0.494 e. The minimum atomic E-state index is -0.600. The van der Waals surface area contributed by atoms with Crippen LogP contribution in [0, 0.1) is 10.1 Å². The van der Waals surface area contributed by atoms with Gasteiger partial charge in [-0.15, -0.1) is 0 Å². The summed E-state index contributed by atoms with van der Waals surface area (Å²) >= 11 is 0. The number of nitro groups is 1. The van der Waals surface area contributed by atoms with Crippen LogP contribution >= 0.6 is 0 Å². The van der Waals surface area contributed by atoms with Crippen LogP contribution in [0.1, 0.15) is 0 Å². The zero-order chi connectivity index (χ0) is 22.9. The number of ether oxygens (including phenoxy) is 2. The molecule has 0 bridgehead atoms. The Morgan fingerprint density at radius 1 is 0.969 bits per heavy atom. The molecular formula is C23H21N3O6. The zero-order valence-corrected chi connectivity index (χ0v) is 17.3. The molecule has 0 spiro atoms. The van der Waals surface area contributed by atoms with Gasteiger partial charge in [0.05, 0.1) is 23.8 Å². The quantitative estimate of drug-likeness (QED) is 0.308. The Labute approximate surface area is 184 Å². The summed E-state index contributed by atoms with van der Waals surface area (Å²) in [5.41, 5.74) is 1.66. The molecule has 0 heterocycles. The second-order valence-electron chi connectivity index (χ2n) is 6.61. The molecule has 0 saturated carbocycles. The Bertz CT molecular complexity index is 1050. The van der Waals surface area contributed by atoms with E-state index in [4.69, 9.17) is 9.47 Å². The van der Waals surface area contributed by atoms with Crippen LogP contribution in [0.3, 0.4) is 0 Å². The van der Waals surface area contributed by atoms with Crippen LogP contribution in [0.5, 0.6) is 5.75 Å². The average Bonchev–Trinajstić information content (AvgIpc) is 2.82. The van der Waals surface area contributed by atoms with Crippen molar-refractivity contribution in [2.24, 2.45) is 0 Å². The Hall–Kier alpha value is -4.40. The van der Waals surface area contributed by atoms with Gasteiger partial charge in [-0.1, -0.05) is 36.4 Å². The average molecular weight is 435 g/mol. The molecule has 1 amide bonds. The molecule has 3 aromatic rings. The number of methoxy groups -OCH3 is 1. The predicted octanol–water partition coefficient (Wildman–Crippen LogP) is 3.92. The molecule has 0 saturated heterocycles. The van der Waals surface area contributed by atoms with Crippen molar-refractivity contribution in [3.8, 4) is 5.75 Å². The van der Waals surface area contributed by atoms with Crippen LogP contribution in [0.4, 0.5) is 22.7 Å². The number of non-ortho nitro benzene ring substituents is 1. The van der Waals surface area contributed by atoms with Crippen molar-refractivity contribution in [2.45, 2.75) is 0 Å². The third-order valence-electron chi connectivity index (χ3n) is 4.46. The standard InChI is InChI=1S/C23H21N3O6/c1-31-21-14-19(26(29)30)12-13-20(21)24-22(27)16-32-23(28)15-25(17-8-4-2-5-9-17)18-10-6-3-7-11-18/h2-14H,15-16H2,1H3,(H,24,27). The number of nitrogens with zero attached hydrogens (tertiary/aromatic N) is 2. The highest BCUT2D eigenvalue weighted by atomic mass is 16.6. The molecule has 3 rings (SSSR count). The van der Waals surface area contributed by atoms with Crippen molar-refractivity contribution in [3.63, 3.8) is 0 Å². The van der Waals surface area contributed by atoms with Crippen LogP contribution in [0.25, 0.3) is 0 Å². The van der Waals surface area contributed by atoms with Gasteiger partial charge in [0.25, 0.3) is 11.6 Å². The van der Waals surface area contributed by atoms with Crippen LogP contribution in [0.2, 0.25) is 0 Å². The Kier molecular flexibility index (Phi) is 7.37. The molecule has 0 unspecified atom stereocenters. The summed E-state index contributed by atoms with van der Waals surface area (Å²) in [5.74, 6) is -1.07. The minimum absolute atomic E-state index is 0.0951. The second-order valence-corrected chi connectivity index (χ2v) is 6.61. The fourth-order valence-corrected chi connectivity index (χ4v) is 2.95. The van der Waals surface area contributed by atoms with Crippen molar-refractivity contribution in [1.29, 1.82) is 0 Å². The monoisotopic (exact) mass is 435 g/mol. The maximum absolute atomic E-state index is 12.5. The molecule has 9 nitrogen and oxygen atoms in total. The number of carbonyl (C=O) groups is 2. The van der Waals surface area contributed by atoms with E-state index in [0.717, 1.165) is 11.4 Å². The van der Waals surface area contributed by atoms with Crippen LogP contribution in [-0.4, -0.2) is 37.1 Å². The number of amides is 1. The third kappa shape index (κ3) is 5.82. The molecule has 32 heavy (non-hydrogen) atoms. The summed E-state index contributed by atoms with van der Waals surface area (Å²) in [6.07, 6.45) is 0. The third-order valence-corrected chi connectivity index (χ3v) is 4.46. The highest BCUT2D eigenvalue weighted by molar-refractivity contribution is 5.94. The first-order valence-electron chi connectivity index (χ1n) is 9.63. The van der Waals surface area contributed by atoms with Crippen molar-refractivity contribution < 1.29 is 24.0 Å². The summed E-state index contributed by atoms with van der Waals surface area (Å²) < 4.78 is 10.2. The topological polar surface area (TPSA) is 111 Å². The SMILES string of the molecule is COc1cc([N+](=O)[O-])ccc1NC(=O)COC(=O)CN(c1ccccc1)c1ccccc1. The lowest BCUT2D eigenvalue weighted by Gasteiger charge is -2.24. The summed E-state index contributed by atoms with van der Waals surface area (Å²) in [6.45, 7) is -0.613. The van der Waals surface area contributed by atoms with E-state index < -0.39 is 23.4 Å². The van der Waals surface area contributed by atoms with Gasteiger partial charge in [-0.05, 0) is 30.3 Å². The molecule has 0 aliphatic rings. The summed E-state index contributed by atoms with van der Waals surface area (Å²) in [7, 11) is 1.33. The number of carbonyl (C=O) groups excluding carboxylic acids is 2. The lowest BCUT2D eigenvalue weighted by molar-refractivity contribution is -0.384. The van der Waals surface area contributed by atoms with Crippen molar-refractivity contribution >= 4 is 34.6 Å². The van der Waals surface area contributed by atoms with Gasteiger partial charge in [0, 0.05) is 17.4 Å². The fraction of sp³-hybridized carbons (Fsp3) is 0.130. The van der Waals surface area contributed by atoms with Crippen molar-refractivity contribution in [3.05, 3.63) is 89.0 Å². The van der Waals surface area contributed by atoms with E-state index in [0.29, 0.717) is 0 Å². The number of hydrogen-bond donors (Lipinski definition) is 1. The van der Waals surface area contributed by atoms with Crippen LogP contribution in [-0.2, 0) is 14.3 Å². The molecule has 0 aromatic heterocycles. The van der Waals surface area contributed by atoms with Crippen molar-refractivity contribution in [1.82, 2.24) is 0 Å². The van der Waals surface area contributed by atoms with E-state index >= 15 is 0 Å². The number of benzene rings is 3. The first-order valence-corrected chi connectivity index (χ1v) is 9.63. The Balaban J connectivity index is 1.62. The van der Waals surface area contributed by atoms with E-state index in [1.165, 1.54) is 25.3 Å². The fourth-order valence-electron chi connectivity index (χ4n) is 2.95. The summed E-state index contributed by atoms with van der Waals surface area (Å²) in [6, 6.07) is 22.5. The molecule has 0 aliphatic heterocycles. The lowest BCUT2D eigenvalue weighted by Crippen LogP contribution is -2.29. The lowest BCUT2D eigenvalue weighted by atomic mass is 10.2. The first kappa shape index (κ1) is 22.3. The number of rotatable bonds is 9. The number of nitrogens with one attached hydrogen (secondary N) is 1. The zero-order valence-electron chi connectivity index (χ0n) is 17.3. The number of hydrogen-bond acceptors (Lipinski definition) is 7. The molecule has 1 N–H and O–H groups in total. The number of para-hydroxylation sites is 2. The molecule has 0 fully saturated rings. The smallest absolute Gasteiger partial charge is 0.326 e. The predicted molar refractivity (Wildman–Crippen MR) is 119 cm³/mol. The first-order chi connectivity index (χ1) is 15.5. The van der Waals surface area contributed by atoms with Gasteiger partial charge in [-0.3, -0.25) is 19.7 Å². The molecule has 0 radical (unpaired) electrons. The van der Waals surface area contributed by atoms with E-state index in [-0.39, 0.29) is 23.7 Å². The van der Waals surface area contributed by atoms with E-state index in [9.17, 15) is 19.7 Å². The van der Waals surface area contributed by atoms with E-state index in [1.807, 2.05) is 60.7 Å². The van der Waals surface area contributed by atoms with E-state index in [1.54, 1.807) is 4.90 Å². The molecule has 9 heteroatoms. The molecule has 3 aromatic carbocycles. The second kappa shape index (κ2) is 10.6. The summed E-state index contributed by atoms with van der Waals surface area (Å²) in [5, 5.41) is 13.4. The van der Waals surface area contributed by atoms with Crippen LogP contribution in [0.15, 0.2) is 78.9 Å². The summed E-state index contributed by atoms with van der Waals surface area (Å²) in [4.78, 5) is 36.8. The van der Waals surface area contributed by atoms with Gasteiger partial charge in [0.2, 0.25) is 0 Å². The highest BCUT2D eigenvalue weighted by Gasteiger charge is 2.17. The Morgan fingerprint density at radius 2 is 1.56 bits per heavy atom. The van der Waals surface area contributed by atoms with E-state index in [2.05, 4.69) is 5.32 Å². The van der Waals surface area contributed by atoms with Gasteiger partial charge < -0.3 is 19.7 Å². The maximum Gasteiger partial charge on any atom is 0.326 e. The molecule has 164 valence electrons. The number of nitro benzene ring substituents is 1. The van der Waals surface area contributed by atoms with Crippen molar-refractivity contribution in [2.75, 3.05) is 30.5 Å². The van der Waals surface area contributed by atoms with Gasteiger partial charge in [0.1, 0.15) is 12.3 Å². The maximum atomic E-state index is 12.5. The normalized spacial score (nSPS) is 10.2. The molecular weight excluding hydrogens is 414 g/mol. The van der Waals surface area contributed by atoms with Gasteiger partial charge >= 0.3 is 5.97 Å². The van der Waals surface area contributed by atoms with Gasteiger partial charge in [0.15, 0.2) is 6.61 Å². The largest absolute Gasteiger partial charge is 0.494 e. The van der Waals surface area contributed by atoms with Crippen LogP contribution < -0.4 is 15.0 Å². The number of esters is 1.